The summed E-state index contributed by atoms with van der Waals surface area (Å²) in [6.45, 7) is 1.19. The Morgan fingerprint density at radius 3 is 2.84 bits per heavy atom. The number of halogens is 1. The summed E-state index contributed by atoms with van der Waals surface area (Å²) in [7, 11) is 0. The van der Waals surface area contributed by atoms with Gasteiger partial charge in [0.25, 0.3) is 0 Å². The summed E-state index contributed by atoms with van der Waals surface area (Å²) in [6, 6.07) is 4.11. The van der Waals surface area contributed by atoms with Crippen LogP contribution in [0.15, 0.2) is 24.7 Å². The van der Waals surface area contributed by atoms with Crippen molar-refractivity contribution in [1.29, 1.82) is 0 Å². The molecule has 0 bridgehead atoms. The highest BCUT2D eigenvalue weighted by atomic mass is 35.5. The van der Waals surface area contributed by atoms with Gasteiger partial charge in [-0.3, -0.25) is 0 Å². The lowest BCUT2D eigenvalue weighted by Gasteiger charge is -2.30. The van der Waals surface area contributed by atoms with Crippen LogP contribution in [0.2, 0.25) is 5.15 Å². The smallest absolute Gasteiger partial charge is 0.407 e. The summed E-state index contributed by atoms with van der Waals surface area (Å²) >= 11 is 6.03. The summed E-state index contributed by atoms with van der Waals surface area (Å²) in [6.07, 6.45) is 4.53. The summed E-state index contributed by atoms with van der Waals surface area (Å²) in [5.74, 6) is 0.395. The highest BCUT2D eigenvalue weighted by Gasteiger charge is 2.23. The van der Waals surface area contributed by atoms with E-state index >= 15 is 0 Å². The molecule has 3 heterocycles. The number of pyridine rings is 1. The van der Waals surface area contributed by atoms with Gasteiger partial charge in [-0.2, -0.15) is 0 Å². The maximum absolute atomic E-state index is 10.9. The average Bonchev–Trinajstić information content (AvgIpc) is 2.80. The lowest BCUT2D eigenvalue weighted by atomic mass is 9.90. The van der Waals surface area contributed by atoms with Gasteiger partial charge in [-0.15, -0.1) is 0 Å². The first-order chi connectivity index (χ1) is 9.15. The molecule has 0 radical (unpaired) electrons. The third kappa shape index (κ3) is 2.26. The molecule has 1 amide bonds. The molecular formula is C13H14ClN3O2. The van der Waals surface area contributed by atoms with Crippen molar-refractivity contribution < 1.29 is 9.90 Å². The molecule has 6 heteroatoms. The minimum atomic E-state index is -0.826. The number of rotatable bonds is 1. The number of carbonyl (C=O) groups is 1. The van der Waals surface area contributed by atoms with E-state index < -0.39 is 6.09 Å². The quantitative estimate of drug-likeness (QED) is 0.873. The molecular weight excluding hydrogens is 266 g/mol. The maximum atomic E-state index is 10.9. The third-order valence-electron chi connectivity index (χ3n) is 3.75. The van der Waals surface area contributed by atoms with Crippen LogP contribution in [0, 0.1) is 0 Å². The van der Waals surface area contributed by atoms with Gasteiger partial charge in [0.1, 0.15) is 6.33 Å². The molecule has 3 rings (SSSR count). The SMILES string of the molecule is O=C(O)N1CCC(c2ccn3cnc(Cl)c3c2)CC1. The fraction of sp³-hybridized carbons (Fsp3) is 0.385. The van der Waals surface area contributed by atoms with Crippen molar-refractivity contribution in [3.05, 3.63) is 35.4 Å². The number of hydrogen-bond acceptors (Lipinski definition) is 2. The number of likely N-dealkylation sites (tertiary alicyclic amines) is 1. The van der Waals surface area contributed by atoms with Crippen molar-refractivity contribution in [1.82, 2.24) is 14.3 Å². The summed E-state index contributed by atoms with van der Waals surface area (Å²) < 4.78 is 1.89. The fourth-order valence-corrected chi connectivity index (χ4v) is 2.83. The van der Waals surface area contributed by atoms with Crippen LogP contribution in [-0.2, 0) is 0 Å². The van der Waals surface area contributed by atoms with Crippen LogP contribution in [0.4, 0.5) is 4.79 Å². The molecule has 0 saturated carbocycles. The predicted molar refractivity (Wildman–Crippen MR) is 71.8 cm³/mol. The number of aromatic nitrogens is 2. The first kappa shape index (κ1) is 12.3. The Bertz CT molecular complexity index is 617. The number of hydrogen-bond donors (Lipinski definition) is 1. The van der Waals surface area contributed by atoms with Gasteiger partial charge in [0.05, 0.1) is 5.52 Å². The lowest BCUT2D eigenvalue weighted by Crippen LogP contribution is -2.36. The van der Waals surface area contributed by atoms with E-state index in [-0.39, 0.29) is 0 Å². The molecule has 1 saturated heterocycles. The van der Waals surface area contributed by atoms with Crippen molar-refractivity contribution >= 4 is 23.2 Å². The van der Waals surface area contributed by atoms with Gasteiger partial charge in [-0.25, -0.2) is 9.78 Å². The highest BCUT2D eigenvalue weighted by molar-refractivity contribution is 6.32. The van der Waals surface area contributed by atoms with E-state index in [0.29, 0.717) is 24.2 Å². The molecule has 1 fully saturated rings. The summed E-state index contributed by atoms with van der Waals surface area (Å²) in [5, 5.41) is 9.45. The van der Waals surface area contributed by atoms with Crippen LogP contribution in [0.1, 0.15) is 24.3 Å². The van der Waals surface area contributed by atoms with Gasteiger partial charge in [0, 0.05) is 19.3 Å². The minimum Gasteiger partial charge on any atom is -0.465 e. The Balaban J connectivity index is 1.81. The largest absolute Gasteiger partial charge is 0.465 e. The molecule has 2 aromatic heterocycles. The Labute approximate surface area is 115 Å². The summed E-state index contributed by atoms with van der Waals surface area (Å²) in [5.41, 5.74) is 2.11. The predicted octanol–water partition coefficient (Wildman–Crippen LogP) is 2.85. The number of fused-ring (bicyclic) bond motifs is 1. The zero-order valence-corrected chi connectivity index (χ0v) is 11.0. The zero-order chi connectivity index (χ0) is 13.4. The molecule has 0 atom stereocenters. The molecule has 1 aliphatic rings. The zero-order valence-electron chi connectivity index (χ0n) is 10.3. The van der Waals surface area contributed by atoms with Gasteiger partial charge in [-0.05, 0) is 36.5 Å². The molecule has 100 valence electrons. The Morgan fingerprint density at radius 1 is 1.42 bits per heavy atom. The van der Waals surface area contributed by atoms with E-state index in [9.17, 15) is 4.79 Å². The van der Waals surface area contributed by atoms with Crippen molar-refractivity contribution in [3.63, 3.8) is 0 Å². The molecule has 0 aromatic carbocycles. The number of nitrogens with zero attached hydrogens (tertiary/aromatic N) is 3. The van der Waals surface area contributed by atoms with Crippen LogP contribution in [-0.4, -0.2) is 38.6 Å². The average molecular weight is 280 g/mol. The molecule has 0 unspecified atom stereocenters. The number of carboxylic acid groups (broad SMARTS) is 1. The van der Waals surface area contributed by atoms with Gasteiger partial charge >= 0.3 is 6.09 Å². The van der Waals surface area contributed by atoms with Crippen molar-refractivity contribution in [2.75, 3.05) is 13.1 Å². The first-order valence-corrected chi connectivity index (χ1v) is 6.63. The molecule has 19 heavy (non-hydrogen) atoms. The molecule has 1 aliphatic heterocycles. The van der Waals surface area contributed by atoms with E-state index in [0.717, 1.165) is 18.4 Å². The maximum Gasteiger partial charge on any atom is 0.407 e. The molecule has 0 spiro atoms. The second-order valence-electron chi connectivity index (χ2n) is 4.83. The highest BCUT2D eigenvalue weighted by Crippen LogP contribution is 2.29. The fourth-order valence-electron chi connectivity index (χ4n) is 2.63. The van der Waals surface area contributed by atoms with Crippen LogP contribution in [0.3, 0.4) is 0 Å². The van der Waals surface area contributed by atoms with Crippen molar-refractivity contribution in [3.8, 4) is 0 Å². The molecule has 0 aliphatic carbocycles. The first-order valence-electron chi connectivity index (χ1n) is 6.25. The van der Waals surface area contributed by atoms with Gasteiger partial charge in [0.15, 0.2) is 5.15 Å². The van der Waals surface area contributed by atoms with Crippen LogP contribution >= 0.6 is 11.6 Å². The number of amides is 1. The third-order valence-corrected chi connectivity index (χ3v) is 4.04. The normalized spacial score (nSPS) is 17.0. The lowest BCUT2D eigenvalue weighted by molar-refractivity contribution is 0.132. The van der Waals surface area contributed by atoms with E-state index in [1.54, 1.807) is 6.33 Å². The van der Waals surface area contributed by atoms with Crippen LogP contribution in [0.5, 0.6) is 0 Å². The topological polar surface area (TPSA) is 57.8 Å². The monoisotopic (exact) mass is 279 g/mol. The molecule has 1 N–H and O–H groups in total. The second-order valence-corrected chi connectivity index (χ2v) is 5.19. The molecule has 2 aromatic rings. The molecule has 5 nitrogen and oxygen atoms in total. The van der Waals surface area contributed by atoms with E-state index in [1.807, 2.05) is 10.6 Å². The van der Waals surface area contributed by atoms with Gasteiger partial charge < -0.3 is 14.4 Å². The Morgan fingerprint density at radius 2 is 2.16 bits per heavy atom. The van der Waals surface area contributed by atoms with Crippen LogP contribution in [0.25, 0.3) is 5.52 Å². The number of imidazole rings is 1. The van der Waals surface area contributed by atoms with E-state index in [4.69, 9.17) is 16.7 Å². The Kier molecular flexibility index (Phi) is 3.06. The van der Waals surface area contributed by atoms with E-state index in [2.05, 4.69) is 17.1 Å². The standard InChI is InChI=1S/C13H14ClN3O2/c14-12-11-7-10(3-6-17(11)8-15-12)9-1-4-16(5-2-9)13(18)19/h3,6-9H,1-2,4-5H2,(H,18,19). The second kappa shape index (κ2) is 4.74. The van der Waals surface area contributed by atoms with Crippen molar-refractivity contribution in [2.45, 2.75) is 18.8 Å². The van der Waals surface area contributed by atoms with Crippen LogP contribution < -0.4 is 0 Å². The summed E-state index contributed by atoms with van der Waals surface area (Å²) in [4.78, 5) is 16.4. The van der Waals surface area contributed by atoms with E-state index in [1.165, 1.54) is 10.5 Å². The van der Waals surface area contributed by atoms with Gasteiger partial charge in [-0.1, -0.05) is 11.6 Å². The Hall–Kier alpha value is -1.75. The van der Waals surface area contributed by atoms with Gasteiger partial charge in [0.2, 0.25) is 0 Å². The number of piperidine rings is 1. The van der Waals surface area contributed by atoms with Crippen molar-refractivity contribution in [2.24, 2.45) is 0 Å². The minimum absolute atomic E-state index is 0.395.